The minimum Gasteiger partial charge on any atom is -0.289 e. The summed E-state index contributed by atoms with van der Waals surface area (Å²) < 4.78 is 1.28. The molecule has 19 heavy (non-hydrogen) atoms. The van der Waals surface area contributed by atoms with Crippen LogP contribution in [0.3, 0.4) is 0 Å². The Morgan fingerprint density at radius 1 is 1.16 bits per heavy atom. The fourth-order valence-electron chi connectivity index (χ4n) is 2.46. The molecule has 1 aromatic carbocycles. The molecule has 0 amide bonds. The molecule has 0 radical (unpaired) electrons. The molecule has 1 aliphatic carbocycles. The highest BCUT2D eigenvalue weighted by atomic mass is 32.2. The number of allylic oxidation sites excluding steroid dienone is 2. The first kappa shape index (κ1) is 13.1. The average Bonchev–Trinajstić information content (AvgIpc) is 3.01. The van der Waals surface area contributed by atoms with Gasteiger partial charge in [-0.15, -0.1) is 23.5 Å². The molecule has 0 bridgehead atoms. The largest absolute Gasteiger partial charge is 0.289 e. The molecule has 2 fully saturated rings. The highest BCUT2D eigenvalue weighted by Gasteiger charge is 2.28. The predicted molar refractivity (Wildman–Crippen MR) is 85.3 cm³/mol. The lowest BCUT2D eigenvalue weighted by Gasteiger charge is -2.00. The average molecular weight is 288 g/mol. The molecule has 3 heteroatoms. The van der Waals surface area contributed by atoms with E-state index in [1.807, 2.05) is 29.6 Å². The predicted octanol–water partition coefficient (Wildman–Crippen LogP) is 4.43. The Morgan fingerprint density at radius 3 is 2.68 bits per heavy atom. The van der Waals surface area contributed by atoms with Gasteiger partial charge in [0, 0.05) is 26.9 Å². The van der Waals surface area contributed by atoms with Crippen molar-refractivity contribution in [1.82, 2.24) is 0 Å². The van der Waals surface area contributed by atoms with Crippen LogP contribution in [0, 0.1) is 6.92 Å². The second kappa shape index (κ2) is 5.59. The van der Waals surface area contributed by atoms with Crippen LogP contribution in [-0.4, -0.2) is 17.3 Å². The van der Waals surface area contributed by atoms with Crippen LogP contribution in [0.2, 0.25) is 0 Å². The Kier molecular flexibility index (Phi) is 3.85. The highest BCUT2D eigenvalue weighted by molar-refractivity contribution is 8.25. The molecular formula is C16H16OS2. The van der Waals surface area contributed by atoms with Crippen molar-refractivity contribution < 1.29 is 4.79 Å². The van der Waals surface area contributed by atoms with Crippen LogP contribution in [0.15, 0.2) is 39.6 Å². The van der Waals surface area contributed by atoms with Crippen LogP contribution in [0.1, 0.15) is 24.0 Å². The van der Waals surface area contributed by atoms with Crippen LogP contribution in [-0.2, 0) is 4.79 Å². The number of hydrogen-bond donors (Lipinski definition) is 0. The monoisotopic (exact) mass is 288 g/mol. The van der Waals surface area contributed by atoms with Crippen molar-refractivity contribution in [2.75, 3.05) is 11.5 Å². The van der Waals surface area contributed by atoms with Crippen molar-refractivity contribution in [3.63, 3.8) is 0 Å². The van der Waals surface area contributed by atoms with Gasteiger partial charge < -0.3 is 0 Å². The SMILES string of the molecule is Cc1cccc(/C=C2\CCC(=C3SCCS3)C2=O)c1. The molecule has 2 aliphatic rings. The second-order valence-corrected chi connectivity index (χ2v) is 7.34. The molecule has 1 saturated carbocycles. The van der Waals surface area contributed by atoms with E-state index < -0.39 is 0 Å². The van der Waals surface area contributed by atoms with Crippen molar-refractivity contribution in [1.29, 1.82) is 0 Å². The highest BCUT2D eigenvalue weighted by Crippen LogP contribution is 2.43. The third-order valence-electron chi connectivity index (χ3n) is 3.39. The third-order valence-corrected chi connectivity index (χ3v) is 6.19. The zero-order valence-corrected chi connectivity index (χ0v) is 12.6. The van der Waals surface area contributed by atoms with Gasteiger partial charge in [0.1, 0.15) is 0 Å². The van der Waals surface area contributed by atoms with Crippen molar-refractivity contribution >= 4 is 35.4 Å². The van der Waals surface area contributed by atoms with Gasteiger partial charge in [-0.3, -0.25) is 4.79 Å². The van der Waals surface area contributed by atoms with E-state index in [-0.39, 0.29) is 5.78 Å². The molecule has 3 rings (SSSR count). The first-order chi connectivity index (χ1) is 9.24. The normalized spacial score (nSPS) is 21.7. The summed E-state index contributed by atoms with van der Waals surface area (Å²) in [7, 11) is 0. The number of carbonyl (C=O) groups is 1. The third kappa shape index (κ3) is 2.82. The fourth-order valence-corrected chi connectivity index (χ4v) is 5.07. The van der Waals surface area contributed by atoms with Crippen molar-refractivity contribution in [2.45, 2.75) is 19.8 Å². The van der Waals surface area contributed by atoms with E-state index in [1.165, 1.54) is 9.80 Å². The van der Waals surface area contributed by atoms with Gasteiger partial charge in [0.25, 0.3) is 0 Å². The number of Topliss-reactive ketones (excluding diaryl/α,β-unsaturated/α-hetero) is 1. The minimum absolute atomic E-state index is 0.276. The number of rotatable bonds is 1. The summed E-state index contributed by atoms with van der Waals surface area (Å²) in [5.41, 5.74) is 4.41. The zero-order chi connectivity index (χ0) is 13.2. The maximum Gasteiger partial charge on any atom is 0.186 e. The summed E-state index contributed by atoms with van der Waals surface area (Å²) in [4.78, 5) is 12.4. The van der Waals surface area contributed by atoms with E-state index in [2.05, 4.69) is 31.2 Å². The van der Waals surface area contributed by atoms with Crippen LogP contribution in [0.25, 0.3) is 6.08 Å². The summed E-state index contributed by atoms with van der Waals surface area (Å²) in [6, 6.07) is 8.32. The van der Waals surface area contributed by atoms with E-state index in [4.69, 9.17) is 0 Å². The zero-order valence-electron chi connectivity index (χ0n) is 10.9. The van der Waals surface area contributed by atoms with E-state index in [0.717, 1.165) is 41.1 Å². The lowest BCUT2D eigenvalue weighted by atomic mass is 10.1. The molecule has 1 nitrogen and oxygen atoms in total. The number of hydrogen-bond acceptors (Lipinski definition) is 3. The van der Waals surface area contributed by atoms with Crippen LogP contribution < -0.4 is 0 Å². The van der Waals surface area contributed by atoms with E-state index >= 15 is 0 Å². The summed E-state index contributed by atoms with van der Waals surface area (Å²) >= 11 is 3.70. The summed E-state index contributed by atoms with van der Waals surface area (Å²) in [5, 5.41) is 0. The quantitative estimate of drug-likeness (QED) is 0.711. The summed E-state index contributed by atoms with van der Waals surface area (Å²) in [6.45, 7) is 2.08. The van der Waals surface area contributed by atoms with Gasteiger partial charge in [0.2, 0.25) is 0 Å². The molecule has 98 valence electrons. The summed E-state index contributed by atoms with van der Waals surface area (Å²) in [6.07, 6.45) is 3.88. The van der Waals surface area contributed by atoms with Gasteiger partial charge in [-0.05, 0) is 31.4 Å². The Morgan fingerprint density at radius 2 is 1.95 bits per heavy atom. The second-order valence-electron chi connectivity index (χ2n) is 4.88. The smallest absolute Gasteiger partial charge is 0.186 e. The lowest BCUT2D eigenvalue weighted by Crippen LogP contribution is -1.96. The van der Waals surface area contributed by atoms with Crippen molar-refractivity contribution in [3.8, 4) is 0 Å². The van der Waals surface area contributed by atoms with Gasteiger partial charge in [-0.1, -0.05) is 29.8 Å². The Bertz CT molecular complexity index is 576. The first-order valence-corrected chi connectivity index (χ1v) is 8.52. The minimum atomic E-state index is 0.276. The van der Waals surface area contributed by atoms with E-state index in [9.17, 15) is 4.79 Å². The number of aryl methyl sites for hydroxylation is 1. The Hall–Kier alpha value is -0.930. The number of ketones is 1. The van der Waals surface area contributed by atoms with Gasteiger partial charge >= 0.3 is 0 Å². The van der Waals surface area contributed by atoms with Crippen LogP contribution in [0.5, 0.6) is 0 Å². The van der Waals surface area contributed by atoms with Crippen LogP contribution in [0.4, 0.5) is 0 Å². The molecule has 1 saturated heterocycles. The molecule has 1 aromatic rings. The molecule has 1 heterocycles. The Balaban J connectivity index is 1.88. The number of thioether (sulfide) groups is 2. The number of benzene rings is 1. The maximum atomic E-state index is 12.4. The lowest BCUT2D eigenvalue weighted by molar-refractivity contribution is -0.111. The first-order valence-electron chi connectivity index (χ1n) is 6.55. The van der Waals surface area contributed by atoms with Gasteiger partial charge in [-0.2, -0.15) is 0 Å². The molecule has 0 atom stereocenters. The fraction of sp³-hybridized carbons (Fsp3) is 0.312. The molecule has 0 spiro atoms. The van der Waals surface area contributed by atoms with Crippen molar-refractivity contribution in [3.05, 3.63) is 50.8 Å². The van der Waals surface area contributed by atoms with E-state index in [0.29, 0.717) is 0 Å². The van der Waals surface area contributed by atoms with Gasteiger partial charge in [-0.25, -0.2) is 0 Å². The maximum absolute atomic E-state index is 12.4. The van der Waals surface area contributed by atoms with Crippen LogP contribution >= 0.6 is 23.5 Å². The summed E-state index contributed by atoms with van der Waals surface area (Å²) in [5.74, 6) is 2.57. The van der Waals surface area contributed by atoms with E-state index in [1.54, 1.807) is 0 Å². The molecule has 0 aromatic heterocycles. The molecule has 0 unspecified atom stereocenters. The van der Waals surface area contributed by atoms with Gasteiger partial charge in [0.05, 0.1) is 0 Å². The Labute approximate surface area is 122 Å². The van der Waals surface area contributed by atoms with Crippen molar-refractivity contribution in [2.24, 2.45) is 0 Å². The number of carbonyl (C=O) groups excluding carboxylic acids is 1. The molecule has 0 N–H and O–H groups in total. The molecular weight excluding hydrogens is 272 g/mol. The van der Waals surface area contributed by atoms with Gasteiger partial charge in [0.15, 0.2) is 5.78 Å². The standard InChI is InChI=1S/C16H16OS2/c1-11-3-2-4-12(9-11)10-13-5-6-14(15(13)17)16-18-7-8-19-16/h2-4,9-10H,5-8H2,1H3/b13-10+. The molecule has 1 aliphatic heterocycles. The topological polar surface area (TPSA) is 17.1 Å².